The third kappa shape index (κ3) is 4.67. The molecule has 3 aromatic rings. The van der Waals surface area contributed by atoms with Crippen LogP contribution < -0.4 is 16.0 Å². The first-order valence-electron chi connectivity index (χ1n) is 10.6. The topological polar surface area (TPSA) is 83.4 Å². The van der Waals surface area contributed by atoms with Crippen molar-refractivity contribution in [1.29, 1.82) is 0 Å². The first-order valence-corrected chi connectivity index (χ1v) is 10.6. The van der Waals surface area contributed by atoms with Crippen LogP contribution in [0.1, 0.15) is 43.0 Å². The second kappa shape index (κ2) is 9.14. The van der Waals surface area contributed by atoms with Crippen molar-refractivity contribution in [2.75, 3.05) is 23.7 Å². The van der Waals surface area contributed by atoms with Crippen LogP contribution in [-0.2, 0) is 11.3 Å². The molecule has 4 rings (SSSR count). The third-order valence-electron chi connectivity index (χ3n) is 5.37. The summed E-state index contributed by atoms with van der Waals surface area (Å²) in [5, 5.41) is 14.3. The zero-order valence-corrected chi connectivity index (χ0v) is 18.0. The van der Waals surface area contributed by atoms with Crippen molar-refractivity contribution in [2.24, 2.45) is 0 Å². The highest BCUT2D eigenvalue weighted by molar-refractivity contribution is 5.98. The van der Waals surface area contributed by atoms with Gasteiger partial charge in [-0.15, -0.1) is 0 Å². The molecule has 31 heavy (non-hydrogen) atoms. The number of nitrogens with one attached hydrogen (secondary N) is 3. The number of carbonyl (C=O) groups excluding carboxylic acids is 1. The van der Waals surface area contributed by atoms with E-state index in [1.54, 1.807) is 0 Å². The van der Waals surface area contributed by atoms with Crippen LogP contribution in [0.15, 0.2) is 55.3 Å². The lowest BCUT2D eigenvalue weighted by Crippen LogP contribution is -2.20. The van der Waals surface area contributed by atoms with E-state index in [1.807, 2.05) is 35.0 Å². The Kier molecular flexibility index (Phi) is 6.13. The maximum Gasteiger partial charge on any atom is 0.247 e. The van der Waals surface area contributed by atoms with Crippen LogP contribution in [0.2, 0.25) is 0 Å². The molecule has 1 amide bonds. The Morgan fingerprint density at radius 2 is 2.23 bits per heavy atom. The predicted octanol–water partition coefficient (Wildman–Crippen LogP) is 3.97. The Balaban J connectivity index is 1.65. The fourth-order valence-electron chi connectivity index (χ4n) is 3.68. The second-order valence-corrected chi connectivity index (χ2v) is 7.95. The first kappa shape index (κ1) is 20.8. The molecule has 0 radical (unpaired) electrons. The van der Waals surface area contributed by atoms with Gasteiger partial charge in [0.15, 0.2) is 5.65 Å². The Hall–Kier alpha value is -3.45. The summed E-state index contributed by atoms with van der Waals surface area (Å²) in [4.78, 5) is 16.5. The van der Waals surface area contributed by atoms with Gasteiger partial charge in [0.05, 0.1) is 11.9 Å². The molecule has 3 heterocycles. The average Bonchev–Trinajstić information content (AvgIpc) is 3.23. The lowest BCUT2D eigenvalue weighted by atomic mass is 10.0. The molecule has 1 aromatic carbocycles. The van der Waals surface area contributed by atoms with Crippen LogP contribution in [0.25, 0.3) is 11.2 Å². The monoisotopic (exact) mass is 416 g/mol. The van der Waals surface area contributed by atoms with E-state index < -0.39 is 0 Å². The number of aromatic nitrogens is 3. The molecule has 2 aromatic heterocycles. The Morgan fingerprint density at radius 1 is 1.35 bits per heavy atom. The van der Waals surface area contributed by atoms with Gasteiger partial charge in [-0.1, -0.05) is 38.6 Å². The van der Waals surface area contributed by atoms with Crippen molar-refractivity contribution in [3.63, 3.8) is 0 Å². The summed E-state index contributed by atoms with van der Waals surface area (Å²) in [6, 6.07) is 9.83. The molecule has 0 atom stereocenters. The smallest absolute Gasteiger partial charge is 0.247 e. The largest absolute Gasteiger partial charge is 0.366 e. The van der Waals surface area contributed by atoms with Gasteiger partial charge in [-0.05, 0) is 48.2 Å². The highest BCUT2D eigenvalue weighted by Crippen LogP contribution is 2.27. The first-order chi connectivity index (χ1) is 15.0. The highest BCUT2D eigenvalue weighted by Gasteiger charge is 2.16. The number of rotatable bonds is 7. The summed E-state index contributed by atoms with van der Waals surface area (Å²) in [7, 11) is 0. The van der Waals surface area contributed by atoms with E-state index in [1.165, 1.54) is 11.6 Å². The van der Waals surface area contributed by atoms with Gasteiger partial charge in [0.2, 0.25) is 5.91 Å². The predicted molar refractivity (Wildman–Crippen MR) is 125 cm³/mol. The number of fused-ring (bicyclic) bond motifs is 1. The lowest BCUT2D eigenvalue weighted by Gasteiger charge is -2.16. The van der Waals surface area contributed by atoms with E-state index in [0.29, 0.717) is 12.5 Å². The molecule has 1 aliphatic heterocycles. The standard InChI is InChI=1S/C24H28N6O/c1-4-23(31)28-19-7-5-6-17(12-19)14-26-22-13-21(18-8-10-25-11-9-18)29-24-20(16(2)3)15-27-30(22)24/h4-8,12-13,15-16,25-26H,1,9-11,14H2,2-3H3,(H,28,31). The summed E-state index contributed by atoms with van der Waals surface area (Å²) in [6.45, 7) is 10.2. The molecule has 160 valence electrons. The fraction of sp³-hybridized carbons (Fsp3) is 0.292. The Labute approximate surface area is 182 Å². The molecule has 7 heteroatoms. The van der Waals surface area contributed by atoms with Gasteiger partial charge >= 0.3 is 0 Å². The lowest BCUT2D eigenvalue weighted by molar-refractivity contribution is -0.111. The van der Waals surface area contributed by atoms with Crippen molar-refractivity contribution < 1.29 is 4.79 Å². The molecule has 7 nitrogen and oxygen atoms in total. The third-order valence-corrected chi connectivity index (χ3v) is 5.37. The molecule has 1 aliphatic rings. The van der Waals surface area contributed by atoms with E-state index in [2.05, 4.69) is 53.6 Å². The van der Waals surface area contributed by atoms with Gasteiger partial charge in [0.1, 0.15) is 5.82 Å². The maximum atomic E-state index is 11.6. The minimum absolute atomic E-state index is 0.224. The molecule has 0 saturated heterocycles. The van der Waals surface area contributed by atoms with Crippen LogP contribution in [0.5, 0.6) is 0 Å². The molecule has 0 fully saturated rings. The molecule has 0 aliphatic carbocycles. The maximum absolute atomic E-state index is 11.6. The van der Waals surface area contributed by atoms with Gasteiger partial charge in [-0.2, -0.15) is 9.61 Å². The number of hydrogen-bond acceptors (Lipinski definition) is 5. The number of benzene rings is 1. The van der Waals surface area contributed by atoms with Gasteiger partial charge in [0, 0.05) is 30.4 Å². The average molecular weight is 417 g/mol. The molecule has 0 saturated carbocycles. The summed E-state index contributed by atoms with van der Waals surface area (Å²) in [6.07, 6.45) is 6.34. The number of hydrogen-bond donors (Lipinski definition) is 3. The highest BCUT2D eigenvalue weighted by atomic mass is 16.1. The second-order valence-electron chi connectivity index (χ2n) is 7.95. The van der Waals surface area contributed by atoms with Crippen molar-refractivity contribution in [3.8, 4) is 0 Å². The van der Waals surface area contributed by atoms with Crippen LogP contribution in [0, 0.1) is 0 Å². The van der Waals surface area contributed by atoms with Crippen molar-refractivity contribution >= 4 is 28.6 Å². The van der Waals surface area contributed by atoms with Crippen molar-refractivity contribution in [2.45, 2.75) is 32.7 Å². The van der Waals surface area contributed by atoms with E-state index in [9.17, 15) is 4.79 Å². The zero-order valence-electron chi connectivity index (χ0n) is 18.0. The number of anilines is 2. The molecule has 0 bridgehead atoms. The summed E-state index contributed by atoms with van der Waals surface area (Å²) in [5.41, 5.74) is 6.06. The molecule has 0 unspecified atom stereocenters. The Bertz CT molecular complexity index is 1140. The number of amides is 1. The molecular formula is C24H28N6O. The van der Waals surface area contributed by atoms with Crippen LogP contribution in [-0.4, -0.2) is 33.6 Å². The van der Waals surface area contributed by atoms with Gasteiger partial charge < -0.3 is 16.0 Å². The van der Waals surface area contributed by atoms with E-state index >= 15 is 0 Å². The van der Waals surface area contributed by atoms with Crippen LogP contribution in [0.3, 0.4) is 0 Å². The van der Waals surface area contributed by atoms with E-state index in [-0.39, 0.29) is 5.91 Å². The normalized spacial score (nSPS) is 13.8. The summed E-state index contributed by atoms with van der Waals surface area (Å²) >= 11 is 0. The van der Waals surface area contributed by atoms with Crippen molar-refractivity contribution in [3.05, 3.63) is 72.1 Å². The minimum Gasteiger partial charge on any atom is -0.366 e. The SMILES string of the molecule is C=CC(=O)Nc1cccc(CNc2cc(C3=CCNCC3)nc3c(C(C)C)cnn23)c1. The van der Waals surface area contributed by atoms with E-state index in [0.717, 1.165) is 53.5 Å². The number of nitrogens with zero attached hydrogens (tertiary/aromatic N) is 3. The van der Waals surface area contributed by atoms with Gasteiger partial charge in [-0.25, -0.2) is 4.98 Å². The summed E-state index contributed by atoms with van der Waals surface area (Å²) < 4.78 is 1.88. The number of carbonyl (C=O) groups is 1. The van der Waals surface area contributed by atoms with Gasteiger partial charge in [0.25, 0.3) is 0 Å². The van der Waals surface area contributed by atoms with Gasteiger partial charge in [-0.3, -0.25) is 4.79 Å². The van der Waals surface area contributed by atoms with Crippen molar-refractivity contribution in [1.82, 2.24) is 19.9 Å². The molecule has 0 spiro atoms. The molecule has 3 N–H and O–H groups in total. The Morgan fingerprint density at radius 3 is 2.97 bits per heavy atom. The zero-order chi connectivity index (χ0) is 21.8. The van der Waals surface area contributed by atoms with Crippen LogP contribution >= 0.6 is 0 Å². The van der Waals surface area contributed by atoms with E-state index in [4.69, 9.17) is 4.98 Å². The van der Waals surface area contributed by atoms with Crippen LogP contribution in [0.4, 0.5) is 11.5 Å². The molecular weight excluding hydrogens is 388 g/mol. The summed E-state index contributed by atoms with van der Waals surface area (Å²) in [5.74, 6) is 1.01. The quantitative estimate of drug-likeness (QED) is 0.508. The minimum atomic E-state index is -0.224. The fourth-order valence-corrected chi connectivity index (χ4v) is 3.68.